The van der Waals surface area contributed by atoms with Gasteiger partial charge in [-0.1, -0.05) is 0 Å². The maximum absolute atomic E-state index is 9.45. The minimum absolute atomic E-state index is 0.158. The van der Waals surface area contributed by atoms with Crippen LogP contribution in [0.15, 0.2) is 0 Å². The van der Waals surface area contributed by atoms with Gasteiger partial charge in [-0.05, 0) is 63.2 Å². The Balaban J connectivity index is 1.97. The summed E-state index contributed by atoms with van der Waals surface area (Å²) < 4.78 is 0. The summed E-state index contributed by atoms with van der Waals surface area (Å²) in [7, 11) is 0. The van der Waals surface area contributed by atoms with E-state index in [9.17, 15) is 5.26 Å². The average Bonchev–Trinajstić information content (AvgIpc) is 2.26. The molecule has 4 aliphatic carbocycles. The van der Waals surface area contributed by atoms with Crippen LogP contribution in [0.4, 0.5) is 0 Å². The van der Waals surface area contributed by atoms with Crippen molar-refractivity contribution in [2.45, 2.75) is 51.0 Å². The van der Waals surface area contributed by atoms with Gasteiger partial charge in [0.1, 0.15) is 5.54 Å². The van der Waals surface area contributed by atoms with Crippen molar-refractivity contribution in [2.24, 2.45) is 29.0 Å². The molecule has 0 radical (unpaired) electrons. The van der Waals surface area contributed by atoms with E-state index in [0.29, 0.717) is 0 Å². The summed E-state index contributed by atoms with van der Waals surface area (Å²) in [6, 6.07) is 2.45. The fourth-order valence-corrected chi connectivity index (χ4v) is 5.03. The van der Waals surface area contributed by atoms with E-state index >= 15 is 0 Å². The maximum Gasteiger partial charge on any atom is 0.121 e. The van der Waals surface area contributed by atoms with E-state index in [1.54, 1.807) is 0 Å². The molecule has 3 nitrogen and oxygen atoms in total. The van der Waals surface area contributed by atoms with Gasteiger partial charge in [-0.15, -0.1) is 0 Å². The second-order valence-corrected chi connectivity index (χ2v) is 6.58. The van der Waals surface area contributed by atoms with E-state index in [1.807, 2.05) is 6.92 Å². The third-order valence-corrected chi connectivity index (χ3v) is 5.61. The molecule has 3 N–H and O–H groups in total. The maximum atomic E-state index is 9.45. The molecule has 0 heterocycles. The van der Waals surface area contributed by atoms with Gasteiger partial charge < -0.3 is 0 Å². The lowest BCUT2D eigenvalue weighted by molar-refractivity contribution is -0.0881. The molecular formula is C13H21N3. The zero-order valence-corrected chi connectivity index (χ0v) is 10.00. The summed E-state index contributed by atoms with van der Waals surface area (Å²) in [6.45, 7) is 2.00. The van der Waals surface area contributed by atoms with Gasteiger partial charge in [0.05, 0.1) is 6.07 Å². The number of nitriles is 1. The molecule has 4 rings (SSSR count). The largest absolute Gasteiger partial charge is 0.270 e. The molecular weight excluding hydrogens is 198 g/mol. The lowest BCUT2D eigenvalue weighted by atomic mass is 9.45. The summed E-state index contributed by atoms with van der Waals surface area (Å²) in [4.78, 5) is 0. The molecule has 0 amide bonds. The third-order valence-electron chi connectivity index (χ3n) is 5.61. The summed E-state index contributed by atoms with van der Waals surface area (Å²) in [5.74, 6) is 8.27. The van der Waals surface area contributed by atoms with E-state index in [4.69, 9.17) is 5.84 Å². The van der Waals surface area contributed by atoms with Crippen molar-refractivity contribution in [3.05, 3.63) is 0 Å². The molecule has 0 saturated heterocycles. The lowest BCUT2D eigenvalue weighted by Crippen LogP contribution is -2.64. The number of hydrogen-bond acceptors (Lipinski definition) is 3. The second-order valence-electron chi connectivity index (χ2n) is 6.58. The molecule has 1 atom stereocenters. The molecule has 4 fully saturated rings. The van der Waals surface area contributed by atoms with Crippen LogP contribution in [-0.2, 0) is 0 Å². The van der Waals surface area contributed by atoms with Crippen molar-refractivity contribution >= 4 is 0 Å². The van der Waals surface area contributed by atoms with Crippen molar-refractivity contribution in [2.75, 3.05) is 0 Å². The predicted molar refractivity (Wildman–Crippen MR) is 61.9 cm³/mol. The highest BCUT2D eigenvalue weighted by Gasteiger charge is 2.58. The second kappa shape index (κ2) is 3.21. The van der Waals surface area contributed by atoms with Crippen molar-refractivity contribution in [3.63, 3.8) is 0 Å². The van der Waals surface area contributed by atoms with Crippen molar-refractivity contribution in [3.8, 4) is 6.07 Å². The van der Waals surface area contributed by atoms with E-state index < -0.39 is 5.54 Å². The third kappa shape index (κ3) is 1.20. The molecule has 0 aliphatic heterocycles. The first-order valence-electron chi connectivity index (χ1n) is 6.50. The fraction of sp³-hybridized carbons (Fsp3) is 0.923. The number of hydrogen-bond donors (Lipinski definition) is 2. The number of nitrogens with zero attached hydrogens (tertiary/aromatic N) is 1. The van der Waals surface area contributed by atoms with Crippen LogP contribution >= 0.6 is 0 Å². The Labute approximate surface area is 97.4 Å². The molecule has 16 heavy (non-hydrogen) atoms. The molecule has 1 unspecified atom stereocenters. The molecule has 4 aliphatic rings. The van der Waals surface area contributed by atoms with Crippen LogP contribution in [0.2, 0.25) is 0 Å². The highest BCUT2D eigenvalue weighted by atomic mass is 15.3. The molecule has 88 valence electrons. The molecule has 4 saturated carbocycles. The monoisotopic (exact) mass is 219 g/mol. The van der Waals surface area contributed by atoms with Gasteiger partial charge in [0.2, 0.25) is 0 Å². The number of nitrogens with two attached hydrogens (primary N) is 1. The van der Waals surface area contributed by atoms with E-state index in [-0.39, 0.29) is 5.41 Å². The molecule has 0 aromatic carbocycles. The number of nitrogens with one attached hydrogen (secondary N) is 1. The highest BCUT2D eigenvalue weighted by molar-refractivity contribution is 5.19. The van der Waals surface area contributed by atoms with Crippen LogP contribution in [0.25, 0.3) is 0 Å². The average molecular weight is 219 g/mol. The first-order valence-corrected chi connectivity index (χ1v) is 6.50. The smallest absolute Gasteiger partial charge is 0.121 e. The van der Waals surface area contributed by atoms with Gasteiger partial charge in [0.15, 0.2) is 0 Å². The van der Waals surface area contributed by atoms with Crippen LogP contribution in [0.3, 0.4) is 0 Å². The molecule has 0 aromatic heterocycles. The van der Waals surface area contributed by atoms with Crippen molar-refractivity contribution in [1.82, 2.24) is 5.43 Å². The Morgan fingerprint density at radius 3 is 1.94 bits per heavy atom. The SMILES string of the molecule is CC(C#N)(NN)C12CC3CC(CC(C3)C1)C2. The van der Waals surface area contributed by atoms with Crippen molar-refractivity contribution in [1.29, 1.82) is 5.26 Å². The van der Waals surface area contributed by atoms with Crippen LogP contribution in [0.5, 0.6) is 0 Å². The Hall–Kier alpha value is -0.590. The van der Waals surface area contributed by atoms with Crippen LogP contribution in [0.1, 0.15) is 45.4 Å². The van der Waals surface area contributed by atoms with Crippen molar-refractivity contribution < 1.29 is 0 Å². The summed E-state index contributed by atoms with van der Waals surface area (Å²) in [6.07, 6.45) is 7.87. The Kier molecular flexibility index (Phi) is 2.12. The van der Waals surface area contributed by atoms with Crippen LogP contribution < -0.4 is 11.3 Å². The fourth-order valence-electron chi connectivity index (χ4n) is 5.03. The normalized spacial score (nSPS) is 48.7. The Bertz CT molecular complexity index is 308. The topological polar surface area (TPSA) is 61.8 Å². The minimum Gasteiger partial charge on any atom is -0.270 e. The number of hydrazine groups is 1. The first-order chi connectivity index (χ1) is 7.61. The summed E-state index contributed by atoms with van der Waals surface area (Å²) in [5.41, 5.74) is 2.46. The standard InChI is InChI=1S/C13H21N3/c1-12(8-14,16-15)13-5-9-2-10(6-13)4-11(3-9)7-13/h9-11,16H,2-7,15H2,1H3. The van der Waals surface area contributed by atoms with Crippen LogP contribution in [0, 0.1) is 34.5 Å². The van der Waals surface area contributed by atoms with Gasteiger partial charge in [-0.3, -0.25) is 5.84 Å². The van der Waals surface area contributed by atoms with E-state index in [2.05, 4.69) is 11.5 Å². The molecule has 0 aromatic rings. The number of rotatable bonds is 2. The molecule has 4 bridgehead atoms. The summed E-state index contributed by atoms with van der Waals surface area (Å²) >= 11 is 0. The van der Waals surface area contributed by atoms with Gasteiger partial charge in [-0.25, -0.2) is 5.43 Å². The zero-order valence-electron chi connectivity index (χ0n) is 10.00. The van der Waals surface area contributed by atoms with Gasteiger partial charge in [0.25, 0.3) is 0 Å². The Morgan fingerprint density at radius 1 is 1.19 bits per heavy atom. The van der Waals surface area contributed by atoms with Gasteiger partial charge in [-0.2, -0.15) is 5.26 Å². The van der Waals surface area contributed by atoms with E-state index in [0.717, 1.165) is 17.8 Å². The Morgan fingerprint density at radius 2 is 1.62 bits per heavy atom. The van der Waals surface area contributed by atoms with Crippen LogP contribution in [-0.4, -0.2) is 5.54 Å². The quantitative estimate of drug-likeness (QED) is 0.551. The molecule has 3 heteroatoms. The highest BCUT2D eigenvalue weighted by Crippen LogP contribution is 2.63. The zero-order chi connectivity index (χ0) is 11.4. The predicted octanol–water partition coefficient (Wildman–Crippen LogP) is 1.95. The minimum atomic E-state index is -0.525. The molecule has 0 spiro atoms. The van der Waals surface area contributed by atoms with E-state index in [1.165, 1.54) is 38.5 Å². The lowest BCUT2D eigenvalue weighted by Gasteiger charge is -2.61. The van der Waals surface area contributed by atoms with Gasteiger partial charge in [0, 0.05) is 5.41 Å². The van der Waals surface area contributed by atoms with Gasteiger partial charge >= 0.3 is 0 Å². The first kappa shape index (κ1) is 10.6. The summed E-state index contributed by atoms with van der Waals surface area (Å²) in [5, 5.41) is 9.45.